The Labute approximate surface area is 113 Å². The van der Waals surface area contributed by atoms with Crippen LogP contribution in [0.5, 0.6) is 11.5 Å². The molecule has 0 N–H and O–H groups in total. The van der Waals surface area contributed by atoms with Crippen molar-refractivity contribution < 1.29 is 19.0 Å². The van der Waals surface area contributed by atoms with Crippen molar-refractivity contribution in [1.82, 2.24) is 0 Å². The molecular weight excluding hydrogens is 244 g/mol. The molecule has 0 aliphatic heterocycles. The number of ether oxygens (including phenoxy) is 3. The third kappa shape index (κ3) is 5.17. The van der Waals surface area contributed by atoms with E-state index in [1.807, 2.05) is 0 Å². The van der Waals surface area contributed by atoms with Crippen molar-refractivity contribution in [3.8, 4) is 23.8 Å². The molecule has 0 heterocycles. The molecule has 4 nitrogen and oxygen atoms in total. The minimum atomic E-state index is -0.433. The van der Waals surface area contributed by atoms with E-state index in [1.54, 1.807) is 38.5 Å². The Bertz CT molecular complexity index is 475. The fourth-order valence-corrected chi connectivity index (χ4v) is 1.35. The molecule has 4 heteroatoms. The van der Waals surface area contributed by atoms with Crippen molar-refractivity contribution in [3.05, 3.63) is 29.8 Å². The molecule has 19 heavy (non-hydrogen) atoms. The highest BCUT2D eigenvalue weighted by Gasteiger charge is 2.01. The molecule has 0 saturated carbocycles. The van der Waals surface area contributed by atoms with E-state index in [-0.39, 0.29) is 6.61 Å². The monoisotopic (exact) mass is 260 g/mol. The maximum atomic E-state index is 11.4. The Morgan fingerprint density at radius 3 is 2.42 bits per heavy atom. The fraction of sp³-hybridized carbons (Fsp3) is 0.267. The lowest BCUT2D eigenvalue weighted by Gasteiger charge is -2.05. The van der Waals surface area contributed by atoms with Crippen LogP contribution >= 0.6 is 0 Å². The van der Waals surface area contributed by atoms with Crippen LogP contribution in [0.3, 0.4) is 0 Å². The number of methoxy groups -OCH3 is 2. The number of terminal acetylenes is 1. The minimum absolute atomic E-state index is 0.223. The Balaban J connectivity index is 2.70. The van der Waals surface area contributed by atoms with Gasteiger partial charge in [-0.25, -0.2) is 4.79 Å². The summed E-state index contributed by atoms with van der Waals surface area (Å²) in [4.78, 5) is 11.4. The molecule has 0 aromatic heterocycles. The van der Waals surface area contributed by atoms with E-state index >= 15 is 0 Å². The van der Waals surface area contributed by atoms with Gasteiger partial charge in [0, 0.05) is 18.6 Å². The molecule has 1 aromatic rings. The lowest BCUT2D eigenvalue weighted by Crippen LogP contribution is -2.01. The predicted octanol–water partition coefficient (Wildman–Crippen LogP) is 2.28. The second-order valence-electron chi connectivity index (χ2n) is 3.60. The van der Waals surface area contributed by atoms with Gasteiger partial charge in [0.05, 0.1) is 14.2 Å². The standard InChI is InChI=1S/C15H16O4/c1-4-5-8-19-15(16)7-6-12-9-13(17-2)11-14(10-12)18-3/h1,6-7,9-11H,5,8H2,2-3H3. The number of esters is 1. The van der Waals surface area contributed by atoms with E-state index in [0.29, 0.717) is 17.9 Å². The molecule has 0 radical (unpaired) electrons. The van der Waals surface area contributed by atoms with E-state index in [9.17, 15) is 4.79 Å². The van der Waals surface area contributed by atoms with Crippen LogP contribution in [0.15, 0.2) is 24.3 Å². The van der Waals surface area contributed by atoms with Crippen molar-refractivity contribution in [2.45, 2.75) is 6.42 Å². The van der Waals surface area contributed by atoms with Crippen LogP contribution in [0, 0.1) is 12.3 Å². The van der Waals surface area contributed by atoms with Crippen LogP contribution in [0.1, 0.15) is 12.0 Å². The quantitative estimate of drug-likeness (QED) is 0.341. The van der Waals surface area contributed by atoms with Crippen molar-refractivity contribution >= 4 is 12.0 Å². The first kappa shape index (κ1) is 14.7. The normalized spacial score (nSPS) is 9.95. The summed E-state index contributed by atoms with van der Waals surface area (Å²) >= 11 is 0. The second kappa shape index (κ2) is 7.83. The average Bonchev–Trinajstić information content (AvgIpc) is 2.45. The number of carbonyl (C=O) groups is 1. The van der Waals surface area contributed by atoms with Gasteiger partial charge in [0.25, 0.3) is 0 Å². The molecule has 0 bridgehead atoms. The van der Waals surface area contributed by atoms with Gasteiger partial charge in [-0.3, -0.25) is 0 Å². The Hall–Kier alpha value is -2.41. The lowest BCUT2D eigenvalue weighted by atomic mass is 10.2. The predicted molar refractivity (Wildman–Crippen MR) is 73.0 cm³/mol. The molecule has 1 rings (SSSR count). The van der Waals surface area contributed by atoms with E-state index in [1.165, 1.54) is 6.08 Å². The highest BCUT2D eigenvalue weighted by atomic mass is 16.5. The van der Waals surface area contributed by atoms with E-state index in [0.717, 1.165) is 5.56 Å². The molecule has 1 aromatic carbocycles. The zero-order chi connectivity index (χ0) is 14.1. The zero-order valence-electron chi connectivity index (χ0n) is 11.0. The summed E-state index contributed by atoms with van der Waals surface area (Å²) in [5.41, 5.74) is 0.782. The SMILES string of the molecule is C#CCCOC(=O)C=Cc1cc(OC)cc(OC)c1. The highest BCUT2D eigenvalue weighted by molar-refractivity contribution is 5.87. The Morgan fingerprint density at radius 2 is 1.89 bits per heavy atom. The summed E-state index contributed by atoms with van der Waals surface area (Å²) in [6, 6.07) is 5.32. The maximum absolute atomic E-state index is 11.4. The Morgan fingerprint density at radius 1 is 1.26 bits per heavy atom. The minimum Gasteiger partial charge on any atom is -0.497 e. The van der Waals surface area contributed by atoms with Crippen LogP contribution in [0.4, 0.5) is 0 Å². The molecule has 0 fully saturated rings. The van der Waals surface area contributed by atoms with Gasteiger partial charge in [0.1, 0.15) is 18.1 Å². The smallest absolute Gasteiger partial charge is 0.330 e. The van der Waals surface area contributed by atoms with Crippen molar-refractivity contribution in [2.75, 3.05) is 20.8 Å². The summed E-state index contributed by atoms with van der Waals surface area (Å²) in [7, 11) is 3.13. The summed E-state index contributed by atoms with van der Waals surface area (Å²) in [6.45, 7) is 0.223. The molecule has 0 aliphatic rings. The molecular formula is C15H16O4. The summed E-state index contributed by atoms with van der Waals surface area (Å²) in [5.74, 6) is 3.26. The molecule has 0 aliphatic carbocycles. The van der Waals surface area contributed by atoms with Crippen LogP contribution in [-0.2, 0) is 9.53 Å². The first-order chi connectivity index (χ1) is 9.19. The molecule has 0 spiro atoms. The van der Waals surface area contributed by atoms with E-state index in [4.69, 9.17) is 20.6 Å². The van der Waals surface area contributed by atoms with Gasteiger partial charge in [-0.05, 0) is 23.8 Å². The first-order valence-corrected chi connectivity index (χ1v) is 5.71. The second-order valence-corrected chi connectivity index (χ2v) is 3.60. The number of hydrogen-bond donors (Lipinski definition) is 0. The highest BCUT2D eigenvalue weighted by Crippen LogP contribution is 2.23. The molecule has 100 valence electrons. The van der Waals surface area contributed by atoms with Gasteiger partial charge in [-0.15, -0.1) is 12.3 Å². The number of hydrogen-bond acceptors (Lipinski definition) is 4. The number of carbonyl (C=O) groups excluding carboxylic acids is 1. The molecule has 0 atom stereocenters. The maximum Gasteiger partial charge on any atom is 0.330 e. The van der Waals surface area contributed by atoms with Gasteiger partial charge in [-0.1, -0.05) is 0 Å². The molecule has 0 unspecified atom stereocenters. The largest absolute Gasteiger partial charge is 0.497 e. The third-order valence-electron chi connectivity index (χ3n) is 2.28. The third-order valence-corrected chi connectivity index (χ3v) is 2.28. The van der Waals surface area contributed by atoms with Crippen LogP contribution < -0.4 is 9.47 Å². The topological polar surface area (TPSA) is 44.8 Å². The average molecular weight is 260 g/mol. The molecule has 0 saturated heterocycles. The first-order valence-electron chi connectivity index (χ1n) is 5.71. The fourth-order valence-electron chi connectivity index (χ4n) is 1.35. The van der Waals surface area contributed by atoms with Crippen molar-refractivity contribution in [3.63, 3.8) is 0 Å². The zero-order valence-corrected chi connectivity index (χ0v) is 11.0. The number of benzene rings is 1. The number of rotatable bonds is 6. The lowest BCUT2D eigenvalue weighted by molar-refractivity contribution is -0.137. The van der Waals surface area contributed by atoms with Crippen LogP contribution in [-0.4, -0.2) is 26.8 Å². The van der Waals surface area contributed by atoms with Gasteiger partial charge < -0.3 is 14.2 Å². The van der Waals surface area contributed by atoms with Crippen molar-refractivity contribution in [2.24, 2.45) is 0 Å². The summed E-state index contributed by atoms with van der Waals surface area (Å²) < 4.78 is 15.1. The van der Waals surface area contributed by atoms with Crippen molar-refractivity contribution in [1.29, 1.82) is 0 Å². The van der Waals surface area contributed by atoms with Gasteiger partial charge in [0.15, 0.2) is 0 Å². The van der Waals surface area contributed by atoms with E-state index in [2.05, 4.69) is 5.92 Å². The summed E-state index contributed by atoms with van der Waals surface area (Å²) in [5, 5.41) is 0. The van der Waals surface area contributed by atoms with Crippen LogP contribution in [0.25, 0.3) is 6.08 Å². The van der Waals surface area contributed by atoms with E-state index < -0.39 is 5.97 Å². The Kier molecular flexibility index (Phi) is 6.04. The molecule has 0 amide bonds. The van der Waals surface area contributed by atoms with Crippen LogP contribution in [0.2, 0.25) is 0 Å². The van der Waals surface area contributed by atoms with Gasteiger partial charge >= 0.3 is 5.97 Å². The van der Waals surface area contributed by atoms with Gasteiger partial charge in [0.2, 0.25) is 0 Å². The summed E-state index contributed by atoms with van der Waals surface area (Å²) in [6.07, 6.45) is 8.43. The van der Waals surface area contributed by atoms with Gasteiger partial charge in [-0.2, -0.15) is 0 Å².